The lowest BCUT2D eigenvalue weighted by Gasteiger charge is -2.25. The van der Waals surface area contributed by atoms with Gasteiger partial charge in [0.05, 0.1) is 13.2 Å². The predicted octanol–water partition coefficient (Wildman–Crippen LogP) is 3.26. The molecule has 0 aromatic heterocycles. The summed E-state index contributed by atoms with van der Waals surface area (Å²) in [5, 5.41) is 9.35. The fourth-order valence-electron chi connectivity index (χ4n) is 2.60. The van der Waals surface area contributed by atoms with Crippen LogP contribution in [-0.4, -0.2) is 48.2 Å². The molecule has 4 nitrogen and oxygen atoms in total. The number of ether oxygens (including phenoxy) is 2. The van der Waals surface area contributed by atoms with E-state index in [1.165, 1.54) is 5.56 Å². The first kappa shape index (κ1) is 19.6. The molecule has 0 heterocycles. The minimum absolute atomic E-state index is 0.0324. The molecule has 0 spiro atoms. The maximum Gasteiger partial charge on any atom is 0.161 e. The van der Waals surface area contributed by atoms with Crippen molar-refractivity contribution in [3.63, 3.8) is 0 Å². The first-order valence-electron chi connectivity index (χ1n) is 8.62. The molecule has 0 radical (unpaired) electrons. The summed E-state index contributed by atoms with van der Waals surface area (Å²) in [6.07, 6.45) is 0. The number of aliphatic hydroxyl groups excluding tert-OH is 1. The molecule has 136 valence electrons. The van der Waals surface area contributed by atoms with Crippen LogP contribution < -0.4 is 9.47 Å². The molecule has 0 aliphatic carbocycles. The molecule has 2 aromatic carbocycles. The van der Waals surface area contributed by atoms with E-state index in [-0.39, 0.29) is 11.9 Å². The van der Waals surface area contributed by atoms with Crippen molar-refractivity contribution in [3.05, 3.63) is 60.2 Å². The van der Waals surface area contributed by atoms with Gasteiger partial charge in [-0.2, -0.15) is 12.6 Å². The molecule has 0 bridgehead atoms. The molecule has 0 aliphatic heterocycles. The summed E-state index contributed by atoms with van der Waals surface area (Å²) in [5.74, 6) is 1.49. The van der Waals surface area contributed by atoms with Crippen LogP contribution in [-0.2, 0) is 6.54 Å². The topological polar surface area (TPSA) is 41.9 Å². The maximum absolute atomic E-state index is 9.32. The highest BCUT2D eigenvalue weighted by Crippen LogP contribution is 2.26. The molecule has 1 N–H and O–H groups in total. The van der Waals surface area contributed by atoms with Crippen LogP contribution in [0.15, 0.2) is 54.6 Å². The van der Waals surface area contributed by atoms with Gasteiger partial charge in [0.25, 0.3) is 0 Å². The van der Waals surface area contributed by atoms with Crippen LogP contribution in [0.4, 0.5) is 0 Å². The summed E-state index contributed by atoms with van der Waals surface area (Å²) in [6.45, 7) is 5.29. The number of hydrogen-bond acceptors (Lipinski definition) is 5. The third-order valence-electron chi connectivity index (χ3n) is 3.71. The molecule has 1 unspecified atom stereocenters. The van der Waals surface area contributed by atoms with Crippen molar-refractivity contribution < 1.29 is 14.6 Å². The number of rotatable bonds is 11. The Kier molecular flexibility index (Phi) is 8.66. The largest absolute Gasteiger partial charge is 0.490 e. The lowest BCUT2D eigenvalue weighted by atomic mass is 10.2. The molecule has 0 saturated carbocycles. The number of nitrogens with zero attached hydrogens (tertiary/aromatic N) is 1. The van der Waals surface area contributed by atoms with Gasteiger partial charge in [0, 0.05) is 24.9 Å². The Hall–Kier alpha value is -1.69. The number of thiol groups is 1. The SMILES string of the molecule is CCOc1ccccc1OCC(S)CN(CCO)Cc1ccccc1. The molecule has 25 heavy (non-hydrogen) atoms. The highest BCUT2D eigenvalue weighted by molar-refractivity contribution is 7.81. The van der Waals surface area contributed by atoms with E-state index in [2.05, 4.69) is 29.7 Å². The van der Waals surface area contributed by atoms with Crippen LogP contribution in [0.2, 0.25) is 0 Å². The number of para-hydroxylation sites is 2. The molecule has 2 aromatic rings. The Morgan fingerprint density at radius 2 is 1.64 bits per heavy atom. The molecule has 2 rings (SSSR count). The van der Waals surface area contributed by atoms with Crippen LogP contribution in [0.25, 0.3) is 0 Å². The molecule has 0 aliphatic rings. The van der Waals surface area contributed by atoms with E-state index in [1.54, 1.807) is 0 Å². The normalized spacial score (nSPS) is 12.2. The van der Waals surface area contributed by atoms with Gasteiger partial charge in [0.15, 0.2) is 11.5 Å². The zero-order valence-electron chi connectivity index (χ0n) is 14.7. The highest BCUT2D eigenvalue weighted by Gasteiger charge is 2.13. The van der Waals surface area contributed by atoms with Gasteiger partial charge in [0.1, 0.15) is 6.61 Å². The van der Waals surface area contributed by atoms with E-state index in [0.29, 0.717) is 19.8 Å². The molecular formula is C20H27NO3S. The monoisotopic (exact) mass is 361 g/mol. The standard InChI is InChI=1S/C20H27NO3S/c1-2-23-19-10-6-7-11-20(19)24-16-18(25)15-21(12-13-22)14-17-8-4-3-5-9-17/h3-11,18,22,25H,2,12-16H2,1H3. The van der Waals surface area contributed by atoms with Gasteiger partial charge in [-0.1, -0.05) is 42.5 Å². The smallest absolute Gasteiger partial charge is 0.161 e. The van der Waals surface area contributed by atoms with Crippen molar-refractivity contribution in [2.45, 2.75) is 18.7 Å². The van der Waals surface area contributed by atoms with Crippen LogP contribution in [0.3, 0.4) is 0 Å². The van der Waals surface area contributed by atoms with Gasteiger partial charge in [-0.15, -0.1) is 0 Å². The van der Waals surface area contributed by atoms with E-state index in [1.807, 2.05) is 49.4 Å². The van der Waals surface area contributed by atoms with Gasteiger partial charge in [-0.05, 0) is 24.6 Å². The maximum atomic E-state index is 9.32. The van der Waals surface area contributed by atoms with Crippen LogP contribution in [0, 0.1) is 0 Å². The molecule has 1 atom stereocenters. The van der Waals surface area contributed by atoms with Gasteiger partial charge >= 0.3 is 0 Å². The first-order chi connectivity index (χ1) is 12.2. The fraction of sp³-hybridized carbons (Fsp3) is 0.400. The molecule has 5 heteroatoms. The summed E-state index contributed by atoms with van der Waals surface area (Å²) in [5.41, 5.74) is 1.22. The zero-order chi connectivity index (χ0) is 17.9. The van der Waals surface area contributed by atoms with Gasteiger partial charge in [-0.3, -0.25) is 4.90 Å². The molecule has 0 saturated heterocycles. The predicted molar refractivity (Wildman–Crippen MR) is 105 cm³/mol. The lowest BCUT2D eigenvalue weighted by molar-refractivity contribution is 0.180. The van der Waals surface area contributed by atoms with Crippen molar-refractivity contribution in [2.24, 2.45) is 0 Å². The Balaban J connectivity index is 1.87. The minimum Gasteiger partial charge on any atom is -0.490 e. The average Bonchev–Trinajstić information content (AvgIpc) is 2.62. The average molecular weight is 362 g/mol. The van der Waals surface area contributed by atoms with E-state index in [4.69, 9.17) is 9.47 Å². The van der Waals surface area contributed by atoms with E-state index >= 15 is 0 Å². The van der Waals surface area contributed by atoms with Gasteiger partial charge in [-0.25, -0.2) is 0 Å². The van der Waals surface area contributed by atoms with E-state index in [0.717, 1.165) is 24.6 Å². The first-order valence-corrected chi connectivity index (χ1v) is 9.14. The summed E-state index contributed by atoms with van der Waals surface area (Å²) in [4.78, 5) is 2.19. The summed E-state index contributed by atoms with van der Waals surface area (Å²) < 4.78 is 11.5. The molecule has 0 amide bonds. The number of hydrogen-bond donors (Lipinski definition) is 2. The number of benzene rings is 2. The van der Waals surface area contributed by atoms with Crippen LogP contribution in [0.1, 0.15) is 12.5 Å². The fourth-order valence-corrected chi connectivity index (χ4v) is 2.90. The Morgan fingerprint density at radius 3 is 2.28 bits per heavy atom. The third kappa shape index (κ3) is 6.98. The quantitative estimate of drug-likeness (QED) is 0.603. The highest BCUT2D eigenvalue weighted by atomic mass is 32.1. The second kappa shape index (κ2) is 11.0. The van der Waals surface area contributed by atoms with Gasteiger partial charge < -0.3 is 14.6 Å². The Morgan fingerprint density at radius 1 is 1.00 bits per heavy atom. The molecule has 0 fully saturated rings. The van der Waals surface area contributed by atoms with Crippen molar-refractivity contribution >= 4 is 12.6 Å². The van der Waals surface area contributed by atoms with Crippen LogP contribution >= 0.6 is 12.6 Å². The van der Waals surface area contributed by atoms with Crippen molar-refractivity contribution in [1.29, 1.82) is 0 Å². The summed E-state index contributed by atoms with van der Waals surface area (Å²) in [7, 11) is 0. The third-order valence-corrected chi connectivity index (χ3v) is 4.03. The van der Waals surface area contributed by atoms with E-state index in [9.17, 15) is 5.11 Å². The summed E-state index contributed by atoms with van der Waals surface area (Å²) in [6, 6.07) is 17.9. The van der Waals surface area contributed by atoms with E-state index < -0.39 is 0 Å². The second-order valence-electron chi connectivity index (χ2n) is 5.79. The zero-order valence-corrected chi connectivity index (χ0v) is 15.6. The van der Waals surface area contributed by atoms with Crippen molar-refractivity contribution in [2.75, 3.05) is 32.9 Å². The minimum atomic E-state index is 0.0324. The molecular weight excluding hydrogens is 334 g/mol. The van der Waals surface area contributed by atoms with Crippen LogP contribution in [0.5, 0.6) is 11.5 Å². The van der Waals surface area contributed by atoms with Gasteiger partial charge in [0.2, 0.25) is 0 Å². The van der Waals surface area contributed by atoms with Crippen molar-refractivity contribution in [3.8, 4) is 11.5 Å². The Labute approximate surface area is 155 Å². The second-order valence-corrected chi connectivity index (χ2v) is 6.52. The van der Waals surface area contributed by atoms with Crippen molar-refractivity contribution in [1.82, 2.24) is 4.90 Å². The summed E-state index contributed by atoms with van der Waals surface area (Å²) >= 11 is 4.66. The number of aliphatic hydroxyl groups is 1. The lowest BCUT2D eigenvalue weighted by Crippen LogP contribution is -2.34. The Bertz CT molecular complexity index is 609.